The van der Waals surface area contributed by atoms with Gasteiger partial charge in [-0.1, -0.05) is 48.7 Å². The summed E-state index contributed by atoms with van der Waals surface area (Å²) in [7, 11) is -1.45. The Morgan fingerprint density at radius 1 is 1.18 bits per heavy atom. The van der Waals surface area contributed by atoms with Crippen LogP contribution in [0, 0.1) is 23.3 Å². The molecule has 174 valence electrons. The van der Waals surface area contributed by atoms with E-state index < -0.39 is 20.0 Å². The summed E-state index contributed by atoms with van der Waals surface area (Å²) in [5.41, 5.74) is 6.19. The van der Waals surface area contributed by atoms with E-state index in [4.69, 9.17) is 0 Å². The number of carbonyl (C=O) groups is 3. The number of carbonyl (C=O) groups excluding carboxylic acids is 3. The van der Waals surface area contributed by atoms with E-state index in [-0.39, 0.29) is 18.2 Å². The summed E-state index contributed by atoms with van der Waals surface area (Å²) in [4.78, 5) is 38.1. The molecule has 1 fully saturated rings. The van der Waals surface area contributed by atoms with Gasteiger partial charge in [-0.05, 0) is 30.5 Å². The van der Waals surface area contributed by atoms with Gasteiger partial charge in [0.2, 0.25) is 11.8 Å². The molecule has 0 radical (unpaired) electrons. The van der Waals surface area contributed by atoms with Gasteiger partial charge in [0.15, 0.2) is 5.69 Å². The van der Waals surface area contributed by atoms with Gasteiger partial charge in [0.05, 0.1) is 6.20 Å². The van der Waals surface area contributed by atoms with Crippen LogP contribution in [0.1, 0.15) is 52.9 Å². The standard InChI is InChI=1S/C25H27N5O3Si/c1-34(2,3)15-13-19-16-29(28-27-19)14-6-4-5-8-18-9-7-10-20-21(18)17-30(25(20)33)22-11-12-23(31)26-24(22)32/h7,9-10,16,22H,4,6,11-12,14,17H2,1-3H3,(H,26,31,32). The highest BCUT2D eigenvalue weighted by molar-refractivity contribution is 6.83. The third-order valence-electron chi connectivity index (χ3n) is 5.60. The van der Waals surface area contributed by atoms with Crippen molar-refractivity contribution in [1.29, 1.82) is 0 Å². The van der Waals surface area contributed by atoms with Crippen molar-refractivity contribution < 1.29 is 14.4 Å². The Labute approximate surface area is 200 Å². The highest BCUT2D eigenvalue weighted by Crippen LogP contribution is 2.29. The van der Waals surface area contributed by atoms with Crippen molar-refractivity contribution in [3.63, 3.8) is 0 Å². The second kappa shape index (κ2) is 9.66. The summed E-state index contributed by atoms with van der Waals surface area (Å²) in [5, 5.41) is 10.6. The number of nitrogens with zero attached hydrogens (tertiary/aromatic N) is 4. The monoisotopic (exact) mass is 473 g/mol. The molecule has 34 heavy (non-hydrogen) atoms. The third kappa shape index (κ3) is 5.44. The summed E-state index contributed by atoms with van der Waals surface area (Å²) < 4.78 is 1.78. The number of rotatable bonds is 4. The Morgan fingerprint density at radius 2 is 2.00 bits per heavy atom. The lowest BCUT2D eigenvalue weighted by Crippen LogP contribution is -2.52. The molecule has 9 heteroatoms. The van der Waals surface area contributed by atoms with Crippen LogP contribution in [0.15, 0.2) is 24.4 Å². The molecule has 3 amide bonds. The smallest absolute Gasteiger partial charge is 0.255 e. The largest absolute Gasteiger partial charge is 0.322 e. The van der Waals surface area contributed by atoms with Gasteiger partial charge in [-0.3, -0.25) is 24.4 Å². The van der Waals surface area contributed by atoms with Crippen molar-refractivity contribution in [3.05, 3.63) is 46.8 Å². The Morgan fingerprint density at radius 3 is 2.76 bits per heavy atom. The Kier molecular flexibility index (Phi) is 6.67. The molecule has 0 aliphatic carbocycles. The van der Waals surface area contributed by atoms with Gasteiger partial charge in [-0.15, -0.1) is 10.6 Å². The highest BCUT2D eigenvalue weighted by Gasteiger charge is 2.39. The number of benzene rings is 1. The predicted octanol–water partition coefficient (Wildman–Crippen LogP) is 2.10. The first-order valence-electron chi connectivity index (χ1n) is 11.4. The maximum absolute atomic E-state index is 12.9. The van der Waals surface area contributed by atoms with Crippen LogP contribution in [-0.2, 0) is 22.7 Å². The van der Waals surface area contributed by atoms with E-state index in [2.05, 4.69) is 58.6 Å². The fraction of sp³-hybridized carbons (Fsp3) is 0.400. The van der Waals surface area contributed by atoms with Crippen LogP contribution in [0.4, 0.5) is 0 Å². The van der Waals surface area contributed by atoms with E-state index >= 15 is 0 Å². The van der Waals surface area contributed by atoms with Crippen molar-refractivity contribution in [2.24, 2.45) is 0 Å². The SMILES string of the molecule is C[Si](C)(C)C#Cc1cn(CCCC#Cc2cccc3c2CN(C2CCC(=O)NC2=O)C3=O)nn1. The molecule has 1 atom stereocenters. The normalized spacial score (nSPS) is 17.4. The van der Waals surface area contributed by atoms with E-state index in [1.165, 1.54) is 0 Å². The Bertz CT molecular complexity index is 1270. The van der Waals surface area contributed by atoms with Crippen LogP contribution in [0.25, 0.3) is 0 Å². The van der Waals surface area contributed by atoms with Crippen molar-refractivity contribution in [1.82, 2.24) is 25.2 Å². The molecule has 1 unspecified atom stereocenters. The predicted molar refractivity (Wildman–Crippen MR) is 129 cm³/mol. The number of piperidine rings is 1. The molecule has 2 aliphatic heterocycles. The zero-order valence-electron chi connectivity index (χ0n) is 19.6. The van der Waals surface area contributed by atoms with Crippen molar-refractivity contribution in [2.45, 2.75) is 64.5 Å². The van der Waals surface area contributed by atoms with Gasteiger partial charge >= 0.3 is 0 Å². The zero-order valence-corrected chi connectivity index (χ0v) is 20.6. The molecular formula is C25H27N5O3Si. The number of nitrogens with one attached hydrogen (secondary N) is 1. The van der Waals surface area contributed by atoms with E-state index in [0.717, 1.165) is 17.5 Å². The molecule has 1 aromatic heterocycles. The number of imide groups is 1. The molecule has 2 aromatic rings. The molecule has 1 aromatic carbocycles. The first-order chi connectivity index (χ1) is 16.2. The number of unbranched alkanes of at least 4 members (excludes halogenated alkanes) is 1. The molecule has 4 rings (SSSR count). The molecule has 8 nitrogen and oxygen atoms in total. The summed E-state index contributed by atoms with van der Waals surface area (Å²) >= 11 is 0. The fourth-order valence-corrected chi connectivity index (χ4v) is 4.41. The summed E-state index contributed by atoms with van der Waals surface area (Å²) in [5.74, 6) is 8.59. The van der Waals surface area contributed by atoms with Crippen molar-refractivity contribution in [2.75, 3.05) is 0 Å². The molecule has 3 heterocycles. The van der Waals surface area contributed by atoms with E-state index in [1.54, 1.807) is 15.6 Å². The number of aryl methyl sites for hydroxylation is 1. The molecule has 1 N–H and O–H groups in total. The Hall–Kier alpha value is -3.69. The second-order valence-electron chi connectivity index (χ2n) is 9.50. The minimum Gasteiger partial charge on any atom is -0.322 e. The van der Waals surface area contributed by atoms with Gasteiger partial charge in [-0.2, -0.15) is 0 Å². The van der Waals surface area contributed by atoms with Crippen LogP contribution < -0.4 is 5.32 Å². The van der Waals surface area contributed by atoms with Crippen LogP contribution in [0.2, 0.25) is 19.6 Å². The number of fused-ring (bicyclic) bond motifs is 1. The highest BCUT2D eigenvalue weighted by atomic mass is 28.3. The summed E-state index contributed by atoms with van der Waals surface area (Å²) in [6.45, 7) is 7.59. The lowest BCUT2D eigenvalue weighted by atomic mass is 10.0. The van der Waals surface area contributed by atoms with Gasteiger partial charge in [0, 0.05) is 37.1 Å². The van der Waals surface area contributed by atoms with Crippen LogP contribution in [0.3, 0.4) is 0 Å². The van der Waals surface area contributed by atoms with Gasteiger partial charge < -0.3 is 4.90 Å². The summed E-state index contributed by atoms with van der Waals surface area (Å²) in [6, 6.07) is 4.85. The second-order valence-corrected chi connectivity index (χ2v) is 14.3. The van der Waals surface area contributed by atoms with Gasteiger partial charge in [0.1, 0.15) is 14.1 Å². The van der Waals surface area contributed by atoms with E-state index in [1.807, 2.05) is 18.3 Å². The van der Waals surface area contributed by atoms with Crippen molar-refractivity contribution in [3.8, 4) is 23.3 Å². The molecular weight excluding hydrogens is 446 g/mol. The van der Waals surface area contributed by atoms with Gasteiger partial charge in [-0.25, -0.2) is 0 Å². The first kappa shape index (κ1) is 23.5. The minimum absolute atomic E-state index is 0.188. The molecule has 0 saturated carbocycles. The molecule has 0 spiro atoms. The van der Waals surface area contributed by atoms with E-state index in [9.17, 15) is 14.4 Å². The first-order valence-corrected chi connectivity index (χ1v) is 14.9. The molecule has 1 saturated heterocycles. The average Bonchev–Trinajstić information content (AvgIpc) is 3.37. The third-order valence-corrected chi connectivity index (χ3v) is 6.47. The lowest BCUT2D eigenvalue weighted by Gasteiger charge is -2.29. The average molecular weight is 474 g/mol. The van der Waals surface area contributed by atoms with Crippen LogP contribution in [0.5, 0.6) is 0 Å². The number of aromatic nitrogens is 3. The van der Waals surface area contributed by atoms with E-state index in [0.29, 0.717) is 37.2 Å². The maximum atomic E-state index is 12.9. The number of hydrogen-bond donors (Lipinski definition) is 1. The zero-order chi connectivity index (χ0) is 24.3. The number of amides is 3. The van der Waals surface area contributed by atoms with Gasteiger partial charge in [0.25, 0.3) is 5.91 Å². The maximum Gasteiger partial charge on any atom is 0.255 e. The molecule has 2 aliphatic rings. The molecule has 0 bridgehead atoms. The quantitative estimate of drug-likeness (QED) is 0.317. The van der Waals surface area contributed by atoms with Crippen LogP contribution in [-0.4, -0.2) is 51.7 Å². The van der Waals surface area contributed by atoms with Crippen LogP contribution >= 0.6 is 0 Å². The number of hydrogen-bond acceptors (Lipinski definition) is 5. The van der Waals surface area contributed by atoms with Crippen molar-refractivity contribution >= 4 is 25.8 Å². The summed E-state index contributed by atoms with van der Waals surface area (Å²) in [6.07, 6.45) is 3.93. The fourth-order valence-electron chi connectivity index (χ4n) is 3.91. The lowest BCUT2D eigenvalue weighted by molar-refractivity contribution is -0.136. The minimum atomic E-state index is -1.45. The Balaban J connectivity index is 1.36. The topological polar surface area (TPSA) is 97.2 Å².